The van der Waals surface area contributed by atoms with Gasteiger partial charge in [0.2, 0.25) is 0 Å². The van der Waals surface area contributed by atoms with Gasteiger partial charge in [0.25, 0.3) is 5.91 Å². The monoisotopic (exact) mass is 342 g/mol. The molecule has 26 heavy (non-hydrogen) atoms. The molecule has 0 aliphatic carbocycles. The number of amides is 1. The Bertz CT molecular complexity index is 1060. The van der Waals surface area contributed by atoms with E-state index in [1.165, 1.54) is 12.1 Å². The molecule has 2 aliphatic heterocycles. The SMILES string of the molecule is O=C1N[C@@H]2c3cc(F)ccc3C=C(c3ccccc3)N2c2ccccc21. The van der Waals surface area contributed by atoms with Crippen molar-refractivity contribution in [3.63, 3.8) is 0 Å². The lowest BCUT2D eigenvalue weighted by molar-refractivity contribution is 0.0929. The van der Waals surface area contributed by atoms with Crippen molar-refractivity contribution in [3.05, 3.63) is 101 Å². The number of nitrogens with zero attached hydrogens (tertiary/aromatic N) is 1. The summed E-state index contributed by atoms with van der Waals surface area (Å²) in [7, 11) is 0. The summed E-state index contributed by atoms with van der Waals surface area (Å²) >= 11 is 0. The number of hydrogen-bond acceptors (Lipinski definition) is 2. The van der Waals surface area contributed by atoms with Gasteiger partial charge in [-0.05, 0) is 41.5 Å². The number of para-hydroxylation sites is 1. The Morgan fingerprint density at radius 3 is 2.54 bits per heavy atom. The predicted octanol–water partition coefficient (Wildman–Crippen LogP) is 4.59. The van der Waals surface area contributed by atoms with E-state index in [1.807, 2.05) is 54.6 Å². The number of benzene rings is 3. The van der Waals surface area contributed by atoms with Gasteiger partial charge in [-0.1, -0.05) is 48.5 Å². The van der Waals surface area contributed by atoms with E-state index in [-0.39, 0.29) is 11.7 Å². The van der Waals surface area contributed by atoms with Crippen LogP contribution in [0.15, 0.2) is 72.8 Å². The second kappa shape index (κ2) is 5.56. The molecule has 126 valence electrons. The number of nitrogens with one attached hydrogen (secondary N) is 1. The number of carbonyl (C=O) groups is 1. The summed E-state index contributed by atoms with van der Waals surface area (Å²) in [4.78, 5) is 14.7. The van der Waals surface area contributed by atoms with E-state index in [0.717, 1.165) is 28.1 Å². The molecule has 1 atom stereocenters. The lowest BCUT2D eigenvalue weighted by atomic mass is 9.92. The summed E-state index contributed by atoms with van der Waals surface area (Å²) in [5.74, 6) is -0.459. The molecule has 1 amide bonds. The van der Waals surface area contributed by atoms with E-state index in [4.69, 9.17) is 0 Å². The second-order valence-corrected chi connectivity index (χ2v) is 6.43. The summed E-state index contributed by atoms with van der Waals surface area (Å²) in [6.45, 7) is 0. The number of halogens is 1. The highest BCUT2D eigenvalue weighted by Crippen LogP contribution is 2.44. The Kier molecular flexibility index (Phi) is 3.19. The Hall–Kier alpha value is -3.40. The summed E-state index contributed by atoms with van der Waals surface area (Å²) in [5, 5.41) is 3.04. The van der Waals surface area contributed by atoms with E-state index in [0.29, 0.717) is 5.56 Å². The molecule has 4 heteroatoms. The highest BCUT2D eigenvalue weighted by atomic mass is 19.1. The normalized spacial score (nSPS) is 17.6. The largest absolute Gasteiger partial charge is 0.327 e. The molecule has 2 heterocycles. The molecule has 0 fully saturated rings. The Labute approximate surface area is 150 Å². The zero-order valence-electron chi connectivity index (χ0n) is 13.8. The van der Waals surface area contributed by atoms with Gasteiger partial charge in [0, 0.05) is 5.56 Å². The minimum absolute atomic E-state index is 0.147. The lowest BCUT2D eigenvalue weighted by Crippen LogP contribution is -2.47. The van der Waals surface area contributed by atoms with Crippen LogP contribution in [0.2, 0.25) is 0 Å². The molecular formula is C22H15FN2O. The Morgan fingerprint density at radius 2 is 1.69 bits per heavy atom. The fraction of sp³-hybridized carbons (Fsp3) is 0.0455. The van der Waals surface area contributed by atoms with Gasteiger partial charge in [-0.15, -0.1) is 0 Å². The predicted molar refractivity (Wildman–Crippen MR) is 99.8 cm³/mol. The molecule has 1 N–H and O–H groups in total. The first-order valence-electron chi connectivity index (χ1n) is 8.48. The van der Waals surface area contributed by atoms with Crippen molar-refractivity contribution in [2.75, 3.05) is 4.90 Å². The van der Waals surface area contributed by atoms with Gasteiger partial charge < -0.3 is 10.2 Å². The smallest absolute Gasteiger partial charge is 0.255 e. The average molecular weight is 342 g/mol. The zero-order valence-corrected chi connectivity index (χ0v) is 13.8. The number of carbonyl (C=O) groups excluding carboxylic acids is 1. The molecule has 3 aromatic rings. The fourth-order valence-electron chi connectivity index (χ4n) is 3.73. The molecule has 0 bridgehead atoms. The zero-order chi connectivity index (χ0) is 17.7. The standard InChI is InChI=1S/C22H15FN2O/c23-16-11-10-15-12-20(14-6-2-1-3-7-14)25-19-9-5-4-8-17(19)22(26)24-21(25)18(15)13-16/h1-13,21H,(H,24,26)/t21-/m0/s1. The first kappa shape index (κ1) is 14.9. The highest BCUT2D eigenvalue weighted by Gasteiger charge is 2.37. The molecule has 3 aromatic carbocycles. The van der Waals surface area contributed by atoms with Crippen molar-refractivity contribution in [3.8, 4) is 0 Å². The molecule has 3 nitrogen and oxygen atoms in total. The minimum Gasteiger partial charge on any atom is -0.327 e. The van der Waals surface area contributed by atoms with Crippen LogP contribution < -0.4 is 10.2 Å². The third-order valence-corrected chi connectivity index (χ3v) is 4.90. The number of hydrogen-bond donors (Lipinski definition) is 1. The molecule has 0 unspecified atom stereocenters. The Morgan fingerprint density at radius 1 is 0.923 bits per heavy atom. The minimum atomic E-state index is -0.441. The molecule has 2 aliphatic rings. The van der Waals surface area contributed by atoms with Gasteiger partial charge in [-0.3, -0.25) is 4.79 Å². The number of fused-ring (bicyclic) bond motifs is 5. The van der Waals surface area contributed by atoms with Crippen molar-refractivity contribution in [1.82, 2.24) is 5.32 Å². The fourth-order valence-corrected chi connectivity index (χ4v) is 3.73. The summed E-state index contributed by atoms with van der Waals surface area (Å²) in [6, 6.07) is 22.2. The third-order valence-electron chi connectivity index (χ3n) is 4.90. The van der Waals surface area contributed by atoms with Gasteiger partial charge in [-0.2, -0.15) is 0 Å². The van der Waals surface area contributed by atoms with Crippen LogP contribution in [0.5, 0.6) is 0 Å². The molecule has 0 spiro atoms. The number of anilines is 1. The molecule has 5 rings (SSSR count). The lowest BCUT2D eigenvalue weighted by Gasteiger charge is -2.43. The van der Waals surface area contributed by atoms with E-state index in [1.54, 1.807) is 6.07 Å². The first-order valence-corrected chi connectivity index (χ1v) is 8.48. The summed E-state index contributed by atoms with van der Waals surface area (Å²) < 4.78 is 13.9. The first-order chi connectivity index (χ1) is 12.7. The van der Waals surface area contributed by atoms with Gasteiger partial charge in [-0.25, -0.2) is 4.39 Å². The van der Waals surface area contributed by atoms with Crippen LogP contribution in [0.1, 0.15) is 33.2 Å². The van der Waals surface area contributed by atoms with Crippen molar-refractivity contribution >= 4 is 23.4 Å². The third kappa shape index (κ3) is 2.15. The number of rotatable bonds is 1. The average Bonchev–Trinajstić information content (AvgIpc) is 2.68. The van der Waals surface area contributed by atoms with Crippen LogP contribution in [0, 0.1) is 5.82 Å². The van der Waals surface area contributed by atoms with Gasteiger partial charge in [0.05, 0.1) is 16.9 Å². The van der Waals surface area contributed by atoms with Crippen molar-refractivity contribution in [2.24, 2.45) is 0 Å². The molecule has 0 saturated carbocycles. The van der Waals surface area contributed by atoms with Crippen LogP contribution in [0.4, 0.5) is 10.1 Å². The Balaban J connectivity index is 1.80. The molecule has 0 radical (unpaired) electrons. The van der Waals surface area contributed by atoms with Crippen LogP contribution in [-0.4, -0.2) is 5.91 Å². The maximum Gasteiger partial charge on any atom is 0.255 e. The van der Waals surface area contributed by atoms with Crippen LogP contribution >= 0.6 is 0 Å². The van der Waals surface area contributed by atoms with E-state index in [9.17, 15) is 9.18 Å². The van der Waals surface area contributed by atoms with Crippen molar-refractivity contribution in [2.45, 2.75) is 6.17 Å². The van der Waals surface area contributed by atoms with E-state index in [2.05, 4.69) is 16.3 Å². The van der Waals surface area contributed by atoms with Crippen LogP contribution in [-0.2, 0) is 0 Å². The molecular weight excluding hydrogens is 327 g/mol. The van der Waals surface area contributed by atoms with Crippen LogP contribution in [0.3, 0.4) is 0 Å². The van der Waals surface area contributed by atoms with Crippen LogP contribution in [0.25, 0.3) is 11.8 Å². The van der Waals surface area contributed by atoms with Gasteiger partial charge in [0.1, 0.15) is 12.0 Å². The molecule has 0 aromatic heterocycles. The van der Waals surface area contributed by atoms with Gasteiger partial charge in [0.15, 0.2) is 0 Å². The van der Waals surface area contributed by atoms with Crippen molar-refractivity contribution < 1.29 is 9.18 Å². The topological polar surface area (TPSA) is 32.3 Å². The van der Waals surface area contributed by atoms with Crippen molar-refractivity contribution in [1.29, 1.82) is 0 Å². The summed E-state index contributed by atoms with van der Waals surface area (Å²) in [6.07, 6.45) is 1.61. The van der Waals surface area contributed by atoms with E-state index < -0.39 is 6.17 Å². The maximum atomic E-state index is 13.9. The van der Waals surface area contributed by atoms with Gasteiger partial charge >= 0.3 is 0 Å². The quantitative estimate of drug-likeness (QED) is 0.702. The molecule has 0 saturated heterocycles. The van der Waals surface area contributed by atoms with E-state index >= 15 is 0 Å². The maximum absolute atomic E-state index is 13.9. The second-order valence-electron chi connectivity index (χ2n) is 6.43. The highest BCUT2D eigenvalue weighted by molar-refractivity contribution is 6.07. The summed E-state index contributed by atoms with van der Waals surface area (Å²) in [5.41, 5.74) is 5.12.